The van der Waals surface area contributed by atoms with Gasteiger partial charge in [0.25, 0.3) is 0 Å². The number of aryl methyl sites for hydroxylation is 2. The van der Waals surface area contributed by atoms with Crippen LogP contribution in [0.1, 0.15) is 16.7 Å². The van der Waals surface area contributed by atoms with Crippen molar-refractivity contribution in [3.63, 3.8) is 0 Å². The molecule has 0 spiro atoms. The zero-order valence-electron chi connectivity index (χ0n) is 11.9. The molecule has 100 valence electrons. The minimum atomic E-state index is 0.710. The minimum absolute atomic E-state index is 0.710. The van der Waals surface area contributed by atoms with Crippen molar-refractivity contribution in [2.24, 2.45) is 0 Å². The van der Waals surface area contributed by atoms with Crippen molar-refractivity contribution in [3.05, 3.63) is 28.8 Å². The molecule has 2 rings (SSSR count). The lowest BCUT2D eigenvalue weighted by molar-refractivity contribution is 0.182. The molecule has 0 aromatic heterocycles. The van der Waals surface area contributed by atoms with E-state index in [1.807, 2.05) is 0 Å². The van der Waals surface area contributed by atoms with E-state index >= 15 is 0 Å². The van der Waals surface area contributed by atoms with Crippen LogP contribution in [0.5, 0.6) is 5.75 Å². The van der Waals surface area contributed by atoms with Gasteiger partial charge in [0.05, 0.1) is 7.11 Å². The molecular formula is C15H24N2O. The predicted molar refractivity (Wildman–Crippen MR) is 75.5 cm³/mol. The second-order valence-corrected chi connectivity index (χ2v) is 5.31. The first-order valence-electron chi connectivity index (χ1n) is 6.67. The lowest BCUT2D eigenvalue weighted by Gasteiger charge is -2.35. The number of nitrogens with zero attached hydrogens (tertiary/aromatic N) is 1. The topological polar surface area (TPSA) is 24.5 Å². The van der Waals surface area contributed by atoms with E-state index in [2.05, 4.69) is 43.2 Å². The van der Waals surface area contributed by atoms with Gasteiger partial charge in [0.15, 0.2) is 0 Å². The summed E-state index contributed by atoms with van der Waals surface area (Å²) in [6, 6.07) is 5.08. The summed E-state index contributed by atoms with van der Waals surface area (Å²) in [7, 11) is 3.97. The van der Waals surface area contributed by atoms with Gasteiger partial charge in [-0.3, -0.25) is 0 Å². The highest BCUT2D eigenvalue weighted by Crippen LogP contribution is 2.25. The summed E-state index contributed by atoms with van der Waals surface area (Å²) in [5, 5.41) is 3.32. The van der Waals surface area contributed by atoms with Crippen LogP contribution in [0.2, 0.25) is 0 Å². The van der Waals surface area contributed by atoms with E-state index < -0.39 is 0 Å². The van der Waals surface area contributed by atoms with Crippen LogP contribution in [0.3, 0.4) is 0 Å². The molecular weight excluding hydrogens is 224 g/mol. The molecule has 1 aromatic carbocycles. The van der Waals surface area contributed by atoms with E-state index in [-0.39, 0.29) is 0 Å². The van der Waals surface area contributed by atoms with Crippen molar-refractivity contribution in [1.29, 1.82) is 0 Å². The van der Waals surface area contributed by atoms with Gasteiger partial charge in [0.2, 0.25) is 0 Å². The normalized spacial score (nSPS) is 15.8. The Morgan fingerprint density at radius 2 is 2.06 bits per heavy atom. The van der Waals surface area contributed by atoms with Gasteiger partial charge in [0.1, 0.15) is 5.75 Å². The fourth-order valence-corrected chi connectivity index (χ4v) is 2.52. The number of hydrogen-bond donors (Lipinski definition) is 1. The second kappa shape index (κ2) is 5.72. The maximum absolute atomic E-state index is 5.51. The van der Waals surface area contributed by atoms with Gasteiger partial charge >= 0.3 is 0 Å². The van der Waals surface area contributed by atoms with Gasteiger partial charge < -0.3 is 15.0 Å². The van der Waals surface area contributed by atoms with Gasteiger partial charge in [-0.15, -0.1) is 0 Å². The quantitative estimate of drug-likeness (QED) is 0.859. The SMILES string of the molecule is COc1cc(C)cc(C)c1CCN(C)C1CNC1. The third-order valence-electron chi connectivity index (χ3n) is 3.89. The van der Waals surface area contributed by atoms with Crippen LogP contribution in [-0.4, -0.2) is 44.7 Å². The summed E-state index contributed by atoms with van der Waals surface area (Å²) >= 11 is 0. The fraction of sp³-hybridized carbons (Fsp3) is 0.600. The van der Waals surface area contributed by atoms with Crippen molar-refractivity contribution < 1.29 is 4.74 Å². The van der Waals surface area contributed by atoms with E-state index in [1.165, 1.54) is 16.7 Å². The highest BCUT2D eigenvalue weighted by Gasteiger charge is 2.21. The van der Waals surface area contributed by atoms with Crippen molar-refractivity contribution in [2.45, 2.75) is 26.3 Å². The average molecular weight is 248 g/mol. The Balaban J connectivity index is 2.03. The lowest BCUT2D eigenvalue weighted by atomic mass is 10.0. The van der Waals surface area contributed by atoms with Gasteiger partial charge in [-0.05, 0) is 50.1 Å². The van der Waals surface area contributed by atoms with Crippen LogP contribution < -0.4 is 10.1 Å². The molecule has 0 atom stereocenters. The third-order valence-corrected chi connectivity index (χ3v) is 3.89. The van der Waals surface area contributed by atoms with Crippen molar-refractivity contribution >= 4 is 0 Å². The van der Waals surface area contributed by atoms with Gasteiger partial charge in [0, 0.05) is 25.7 Å². The van der Waals surface area contributed by atoms with Crippen LogP contribution in [0.15, 0.2) is 12.1 Å². The highest BCUT2D eigenvalue weighted by atomic mass is 16.5. The van der Waals surface area contributed by atoms with E-state index in [9.17, 15) is 0 Å². The molecule has 1 N–H and O–H groups in total. The Kier molecular flexibility index (Phi) is 4.25. The molecule has 1 saturated heterocycles. The Morgan fingerprint density at radius 1 is 1.33 bits per heavy atom. The summed E-state index contributed by atoms with van der Waals surface area (Å²) in [6.45, 7) is 7.63. The third kappa shape index (κ3) is 2.85. The van der Waals surface area contributed by atoms with E-state index in [4.69, 9.17) is 4.74 Å². The number of nitrogens with one attached hydrogen (secondary N) is 1. The Bertz CT molecular complexity index is 413. The van der Waals surface area contributed by atoms with E-state index in [0.29, 0.717) is 6.04 Å². The first kappa shape index (κ1) is 13.4. The molecule has 0 radical (unpaired) electrons. The van der Waals surface area contributed by atoms with Crippen LogP contribution in [0, 0.1) is 13.8 Å². The van der Waals surface area contributed by atoms with Crippen molar-refractivity contribution in [3.8, 4) is 5.75 Å². The first-order chi connectivity index (χ1) is 8.61. The van der Waals surface area contributed by atoms with Crippen molar-refractivity contribution in [1.82, 2.24) is 10.2 Å². The molecule has 18 heavy (non-hydrogen) atoms. The molecule has 0 amide bonds. The Morgan fingerprint density at radius 3 is 2.61 bits per heavy atom. The molecule has 1 aliphatic heterocycles. The zero-order chi connectivity index (χ0) is 13.1. The summed E-state index contributed by atoms with van der Waals surface area (Å²) in [5.74, 6) is 1.03. The predicted octanol–water partition coefficient (Wildman–Crippen LogP) is 1.76. The molecule has 3 nitrogen and oxygen atoms in total. The molecule has 1 aliphatic rings. The number of methoxy groups -OCH3 is 1. The summed E-state index contributed by atoms with van der Waals surface area (Å²) in [4.78, 5) is 2.44. The largest absolute Gasteiger partial charge is 0.496 e. The summed E-state index contributed by atoms with van der Waals surface area (Å²) in [6.07, 6.45) is 1.06. The van der Waals surface area contributed by atoms with Gasteiger partial charge in [-0.2, -0.15) is 0 Å². The molecule has 0 unspecified atom stereocenters. The minimum Gasteiger partial charge on any atom is -0.496 e. The van der Waals surface area contributed by atoms with Crippen LogP contribution >= 0.6 is 0 Å². The molecule has 0 aliphatic carbocycles. The molecule has 0 bridgehead atoms. The number of hydrogen-bond acceptors (Lipinski definition) is 3. The van der Waals surface area contributed by atoms with E-state index in [0.717, 1.165) is 31.8 Å². The monoisotopic (exact) mass is 248 g/mol. The Labute approximate surface area is 110 Å². The summed E-state index contributed by atoms with van der Waals surface area (Å²) < 4.78 is 5.51. The van der Waals surface area contributed by atoms with Crippen LogP contribution in [0.25, 0.3) is 0 Å². The number of benzene rings is 1. The standard InChI is InChI=1S/C15H24N2O/c1-11-7-12(2)14(15(8-11)18-4)5-6-17(3)13-9-16-10-13/h7-8,13,16H,5-6,9-10H2,1-4H3. The average Bonchev–Trinajstić information content (AvgIpc) is 2.24. The first-order valence-corrected chi connectivity index (χ1v) is 6.67. The fourth-order valence-electron chi connectivity index (χ4n) is 2.52. The number of likely N-dealkylation sites (N-methyl/N-ethyl adjacent to an activating group) is 1. The van der Waals surface area contributed by atoms with Crippen molar-refractivity contribution in [2.75, 3.05) is 33.8 Å². The van der Waals surface area contributed by atoms with E-state index in [1.54, 1.807) is 7.11 Å². The maximum atomic E-state index is 5.51. The van der Waals surface area contributed by atoms with Crippen LogP contribution in [0.4, 0.5) is 0 Å². The van der Waals surface area contributed by atoms with Gasteiger partial charge in [-0.1, -0.05) is 6.07 Å². The molecule has 1 fully saturated rings. The lowest BCUT2D eigenvalue weighted by Crippen LogP contribution is -2.56. The smallest absolute Gasteiger partial charge is 0.122 e. The highest BCUT2D eigenvalue weighted by molar-refractivity contribution is 5.43. The second-order valence-electron chi connectivity index (χ2n) is 5.31. The summed E-state index contributed by atoms with van der Waals surface area (Å²) in [5.41, 5.74) is 3.96. The maximum Gasteiger partial charge on any atom is 0.122 e. The number of ether oxygens (including phenoxy) is 1. The zero-order valence-corrected chi connectivity index (χ0v) is 11.9. The van der Waals surface area contributed by atoms with Gasteiger partial charge in [-0.25, -0.2) is 0 Å². The molecule has 1 heterocycles. The van der Waals surface area contributed by atoms with Crippen LogP contribution in [-0.2, 0) is 6.42 Å². The number of rotatable bonds is 5. The Hall–Kier alpha value is -1.06. The molecule has 0 saturated carbocycles. The molecule has 1 aromatic rings. The molecule has 3 heteroatoms.